The number of esters is 9. The summed E-state index contributed by atoms with van der Waals surface area (Å²) >= 11 is 0. The SMILES string of the molecule is CCC1(CC)OC(=O)C(=CC=CC=CC2=C(O)OC3(CCC4(CC3)OC(=O)C(=CC=CC=CC3=C(O)OC5(CCC6(CC5)OC(=O)C(=CC=CC=CC5=C(O)OC(CC)(CC)OC5=O)C(=O)O6)OC3=O)C(=O)O4)OC2=O)C(=O)O1. The van der Waals surface area contributed by atoms with E-state index in [4.69, 9.17) is 56.8 Å². The summed E-state index contributed by atoms with van der Waals surface area (Å²) in [6.45, 7) is 6.91. The fraction of sp³-hybridized carbons (Fsp3) is 0.400. The predicted molar refractivity (Wildman–Crippen MR) is 261 cm³/mol. The quantitative estimate of drug-likeness (QED) is 0.0590. The molecule has 0 radical (unpaired) electrons. The van der Waals surface area contributed by atoms with Crippen molar-refractivity contribution >= 4 is 53.7 Å². The third-order valence-electron chi connectivity index (χ3n) is 14.0. The Morgan fingerprint density at radius 1 is 0.304 bits per heavy atom. The van der Waals surface area contributed by atoms with E-state index in [9.17, 15) is 58.5 Å². The summed E-state index contributed by atoms with van der Waals surface area (Å²) in [5.41, 5.74) is -2.22. The van der Waals surface area contributed by atoms with Crippen LogP contribution in [0.4, 0.5) is 0 Å². The van der Waals surface area contributed by atoms with Crippen molar-refractivity contribution in [2.24, 2.45) is 0 Å². The number of aliphatic hydroxyl groups excluding tert-OH is 3. The van der Waals surface area contributed by atoms with E-state index in [0.29, 0.717) is 12.8 Å². The molecule has 0 aromatic heterocycles. The van der Waals surface area contributed by atoms with Crippen molar-refractivity contribution in [1.29, 1.82) is 0 Å². The van der Waals surface area contributed by atoms with Gasteiger partial charge < -0.3 is 72.2 Å². The Morgan fingerprint density at radius 2 is 0.532 bits per heavy atom. The van der Waals surface area contributed by atoms with Gasteiger partial charge in [-0.05, 0) is 36.5 Å². The van der Waals surface area contributed by atoms with E-state index in [1.165, 1.54) is 72.9 Å². The molecule has 5 fully saturated rings. The highest BCUT2D eigenvalue weighted by Crippen LogP contribution is 2.48. The van der Waals surface area contributed by atoms with Crippen LogP contribution in [0.25, 0.3) is 0 Å². The Labute approximate surface area is 449 Å². The zero-order chi connectivity index (χ0) is 57.0. The normalized spacial score (nSPS) is 24.2. The fourth-order valence-electron chi connectivity index (χ4n) is 9.19. The molecule has 0 aromatic carbocycles. The molecular formula is C55H54O24. The summed E-state index contributed by atoms with van der Waals surface area (Å²) in [6, 6.07) is 0. The summed E-state index contributed by atoms with van der Waals surface area (Å²) in [7, 11) is 0. The van der Waals surface area contributed by atoms with Crippen molar-refractivity contribution in [2.75, 3.05) is 0 Å². The largest absolute Gasteiger partial charge is 0.480 e. The third kappa shape index (κ3) is 11.6. The molecule has 0 aromatic rings. The first-order valence-electron chi connectivity index (χ1n) is 25.2. The van der Waals surface area contributed by atoms with Crippen LogP contribution in [0.2, 0.25) is 0 Å². The predicted octanol–water partition coefficient (Wildman–Crippen LogP) is 6.40. The topological polar surface area (TPSA) is 325 Å². The number of ether oxygens (including phenoxy) is 12. The molecule has 0 atom stereocenters. The molecule has 0 unspecified atom stereocenters. The number of aliphatic hydroxyl groups is 3. The van der Waals surface area contributed by atoms with E-state index in [2.05, 4.69) is 0 Å². The maximum absolute atomic E-state index is 13.1. The van der Waals surface area contributed by atoms with Gasteiger partial charge in [-0.2, -0.15) is 0 Å². The van der Waals surface area contributed by atoms with E-state index in [-0.39, 0.29) is 86.5 Å². The fourth-order valence-corrected chi connectivity index (χ4v) is 9.19. The molecule has 2 saturated carbocycles. The van der Waals surface area contributed by atoms with Crippen molar-refractivity contribution in [2.45, 2.75) is 139 Å². The lowest BCUT2D eigenvalue weighted by Crippen LogP contribution is -2.54. The number of allylic oxidation sites excluding steroid dienone is 12. The van der Waals surface area contributed by atoms with Crippen molar-refractivity contribution in [1.82, 2.24) is 0 Å². The van der Waals surface area contributed by atoms with Crippen LogP contribution in [0.15, 0.2) is 142 Å². The lowest BCUT2D eigenvalue weighted by Gasteiger charge is -2.46. The van der Waals surface area contributed by atoms with Crippen molar-refractivity contribution in [3.05, 3.63) is 142 Å². The van der Waals surface area contributed by atoms with Gasteiger partial charge in [0.1, 0.15) is 33.4 Å². The zero-order valence-corrected chi connectivity index (χ0v) is 43.1. The Morgan fingerprint density at radius 3 is 0.810 bits per heavy atom. The second-order valence-electron chi connectivity index (χ2n) is 18.8. The summed E-state index contributed by atoms with van der Waals surface area (Å²) in [5, 5.41) is 31.7. The van der Waals surface area contributed by atoms with Crippen LogP contribution in [0.3, 0.4) is 0 Å². The second kappa shape index (κ2) is 22.1. The molecule has 0 amide bonds. The molecule has 3 saturated heterocycles. The van der Waals surface area contributed by atoms with E-state index in [0.717, 1.165) is 18.2 Å². The molecule has 24 nitrogen and oxygen atoms in total. The molecule has 6 aliphatic heterocycles. The van der Waals surface area contributed by atoms with Crippen LogP contribution >= 0.6 is 0 Å². The second-order valence-corrected chi connectivity index (χ2v) is 18.8. The van der Waals surface area contributed by atoms with Gasteiger partial charge in [-0.1, -0.05) is 82.4 Å². The average Bonchev–Trinajstić information content (AvgIpc) is 3.39. The highest BCUT2D eigenvalue weighted by Gasteiger charge is 2.58. The first kappa shape index (κ1) is 56.1. The van der Waals surface area contributed by atoms with Gasteiger partial charge in [0.15, 0.2) is 0 Å². The summed E-state index contributed by atoms with van der Waals surface area (Å²) in [4.78, 5) is 115. The molecule has 8 aliphatic rings. The Bertz CT molecular complexity index is 2940. The minimum absolute atomic E-state index is 0.159. The number of rotatable bonds is 13. The maximum Gasteiger partial charge on any atom is 0.348 e. The summed E-state index contributed by atoms with van der Waals surface area (Å²) < 4.78 is 66.0. The highest BCUT2D eigenvalue weighted by molar-refractivity contribution is 6.17. The minimum Gasteiger partial charge on any atom is -0.480 e. The van der Waals surface area contributed by atoms with Crippen LogP contribution in [0.1, 0.15) is 105 Å². The molecule has 8 rings (SSSR count). The molecule has 6 heterocycles. The molecule has 3 N–H and O–H groups in total. The lowest BCUT2D eigenvalue weighted by molar-refractivity contribution is -0.297. The van der Waals surface area contributed by atoms with E-state index in [1.807, 2.05) is 0 Å². The van der Waals surface area contributed by atoms with E-state index < -0.39 is 117 Å². The van der Waals surface area contributed by atoms with Gasteiger partial charge in [-0.25, -0.2) is 43.2 Å². The third-order valence-corrected chi connectivity index (χ3v) is 14.0. The number of hydrogen-bond donors (Lipinski definition) is 3. The number of carbonyl (C=O) groups excluding carboxylic acids is 9. The molecule has 79 heavy (non-hydrogen) atoms. The molecule has 418 valence electrons. The molecule has 0 bridgehead atoms. The van der Waals surface area contributed by atoms with Crippen molar-refractivity contribution < 1.29 is 115 Å². The maximum atomic E-state index is 13.1. The Hall–Kier alpha value is -9.09. The van der Waals surface area contributed by atoms with Gasteiger partial charge in [0.2, 0.25) is 0 Å². The standard InChI is InChI=1S/C55H54O24/c1-5-50(6-2)68-38(56)32(39(57)69-50)18-12-9-14-20-34-42(60)72-52(73-43(34)61)24-28-54(29-25-52)76-46(64)36(47(65)77-54)22-16-11-17-23-37-48(66)78-55(79-49(37)67)30-26-53(27-31-55)74-44(62)35(45(63)75-53)21-15-10-13-19-33-40(58)70-51(7-3,8-4)71-41(33)59/h9-23,56,62,64H,5-8,24-31H2,1-4H3. The molecule has 24 heteroatoms. The molecule has 4 spiro atoms. The summed E-state index contributed by atoms with van der Waals surface area (Å²) in [6.07, 6.45) is 18.7. The van der Waals surface area contributed by atoms with Crippen molar-refractivity contribution in [3.8, 4) is 0 Å². The van der Waals surface area contributed by atoms with Crippen LogP contribution < -0.4 is 0 Å². The minimum atomic E-state index is -1.73. The monoisotopic (exact) mass is 1100 g/mol. The van der Waals surface area contributed by atoms with Gasteiger partial charge in [-0.15, -0.1) is 0 Å². The van der Waals surface area contributed by atoms with Gasteiger partial charge in [0, 0.05) is 77.0 Å². The Balaban J connectivity index is 0.790. The van der Waals surface area contributed by atoms with Gasteiger partial charge in [0.05, 0.1) is 0 Å². The van der Waals surface area contributed by atoms with E-state index in [1.54, 1.807) is 27.7 Å². The van der Waals surface area contributed by atoms with Gasteiger partial charge >= 0.3 is 53.7 Å². The van der Waals surface area contributed by atoms with Crippen LogP contribution in [-0.4, -0.2) is 104 Å². The first-order valence-corrected chi connectivity index (χ1v) is 25.2. The average molecular weight is 1100 g/mol. The zero-order valence-electron chi connectivity index (χ0n) is 43.1. The van der Waals surface area contributed by atoms with E-state index >= 15 is 0 Å². The number of hydrogen-bond acceptors (Lipinski definition) is 24. The van der Waals surface area contributed by atoms with Gasteiger partial charge in [-0.3, -0.25) is 0 Å². The molecular weight excluding hydrogens is 1040 g/mol. The number of carbonyl (C=O) groups is 9. The van der Waals surface area contributed by atoms with Crippen molar-refractivity contribution in [3.63, 3.8) is 0 Å². The summed E-state index contributed by atoms with van der Waals surface area (Å²) in [5.74, 6) is -20.0. The van der Waals surface area contributed by atoms with Crippen LogP contribution in [0, 0.1) is 0 Å². The van der Waals surface area contributed by atoms with Gasteiger partial charge in [0.25, 0.3) is 52.6 Å². The lowest BCUT2D eigenvalue weighted by atomic mass is 9.87. The highest BCUT2D eigenvalue weighted by atomic mass is 16.8. The first-order chi connectivity index (χ1) is 37.6. The smallest absolute Gasteiger partial charge is 0.348 e. The number of cyclic esters (lactones) is 3. The van der Waals surface area contributed by atoms with Crippen LogP contribution in [0.5, 0.6) is 0 Å². The van der Waals surface area contributed by atoms with Crippen LogP contribution in [-0.2, 0) is 100.0 Å². The molecule has 2 aliphatic carbocycles. The Kier molecular flexibility index (Phi) is 15.7.